The molecule has 1 unspecified atom stereocenters. The van der Waals surface area contributed by atoms with Crippen molar-refractivity contribution < 1.29 is 19.4 Å². The lowest BCUT2D eigenvalue weighted by atomic mass is 9.93. The predicted molar refractivity (Wildman–Crippen MR) is 121 cm³/mol. The molecule has 2 aliphatic rings. The predicted octanol–water partition coefficient (Wildman–Crippen LogP) is 3.78. The summed E-state index contributed by atoms with van der Waals surface area (Å²) in [5, 5.41) is 12.6. The molecule has 1 aromatic heterocycles. The lowest BCUT2D eigenvalue weighted by molar-refractivity contribution is -0.129. The number of rotatable bonds is 7. The highest BCUT2D eigenvalue weighted by Gasteiger charge is 2.43. The summed E-state index contributed by atoms with van der Waals surface area (Å²) in [6.45, 7) is 8.34. The quantitative estimate of drug-likeness (QED) is 0.664. The highest BCUT2D eigenvalue weighted by atomic mass is 32.1. The van der Waals surface area contributed by atoms with E-state index in [1.807, 2.05) is 29.6 Å². The first-order valence-electron chi connectivity index (χ1n) is 10.7. The first kappa shape index (κ1) is 21.7. The Morgan fingerprint density at radius 3 is 2.48 bits per heavy atom. The van der Waals surface area contributed by atoms with Gasteiger partial charge in [-0.1, -0.05) is 44.2 Å². The van der Waals surface area contributed by atoms with E-state index in [2.05, 4.69) is 18.7 Å². The zero-order valence-electron chi connectivity index (χ0n) is 17.9. The van der Waals surface area contributed by atoms with Crippen molar-refractivity contribution in [1.82, 2.24) is 9.80 Å². The van der Waals surface area contributed by atoms with E-state index >= 15 is 0 Å². The first-order valence-corrected chi connectivity index (χ1v) is 11.6. The van der Waals surface area contributed by atoms with Crippen molar-refractivity contribution in [3.63, 3.8) is 0 Å². The smallest absolute Gasteiger partial charge is 0.290 e. The van der Waals surface area contributed by atoms with E-state index in [4.69, 9.17) is 4.74 Å². The number of aliphatic hydroxyl groups is 1. The van der Waals surface area contributed by atoms with Gasteiger partial charge < -0.3 is 14.7 Å². The summed E-state index contributed by atoms with van der Waals surface area (Å²) < 4.78 is 5.41. The van der Waals surface area contributed by atoms with E-state index in [9.17, 15) is 14.7 Å². The van der Waals surface area contributed by atoms with Crippen LogP contribution in [0.2, 0.25) is 0 Å². The van der Waals surface area contributed by atoms with Gasteiger partial charge in [-0.3, -0.25) is 14.5 Å². The Balaban J connectivity index is 1.66. The van der Waals surface area contributed by atoms with Crippen LogP contribution in [0.15, 0.2) is 53.1 Å². The van der Waals surface area contributed by atoms with Gasteiger partial charge in [0.1, 0.15) is 0 Å². The number of hydrogen-bond acceptors (Lipinski definition) is 6. The van der Waals surface area contributed by atoms with E-state index in [1.165, 1.54) is 16.9 Å². The van der Waals surface area contributed by atoms with Crippen LogP contribution < -0.4 is 0 Å². The molecule has 0 saturated carbocycles. The number of ether oxygens (including phenoxy) is 1. The van der Waals surface area contributed by atoms with Crippen molar-refractivity contribution in [3.8, 4) is 0 Å². The molecule has 1 saturated heterocycles. The second-order valence-electron chi connectivity index (χ2n) is 8.25. The number of Topliss-reactive ketones (excluding diaryl/α,β-unsaturated/α-hetero) is 1. The molecular formula is C24H28N2O4S. The normalized spacial score (nSPS) is 20.2. The van der Waals surface area contributed by atoms with Crippen LogP contribution in [0.1, 0.15) is 46.6 Å². The maximum absolute atomic E-state index is 13.3. The van der Waals surface area contributed by atoms with E-state index in [1.54, 1.807) is 17.0 Å². The van der Waals surface area contributed by atoms with E-state index in [-0.39, 0.29) is 11.4 Å². The summed E-state index contributed by atoms with van der Waals surface area (Å²) in [6.07, 6.45) is 0. The number of aliphatic hydroxyl groups excluding tert-OH is 1. The van der Waals surface area contributed by atoms with Gasteiger partial charge in [-0.05, 0) is 28.5 Å². The van der Waals surface area contributed by atoms with Gasteiger partial charge in [0.2, 0.25) is 5.78 Å². The second kappa shape index (κ2) is 9.34. The Hall–Kier alpha value is -2.48. The average molecular weight is 441 g/mol. The zero-order valence-corrected chi connectivity index (χ0v) is 18.7. The largest absolute Gasteiger partial charge is 0.503 e. The van der Waals surface area contributed by atoms with Crippen LogP contribution in [0.4, 0.5) is 0 Å². The summed E-state index contributed by atoms with van der Waals surface area (Å²) >= 11 is 1.32. The molecule has 4 rings (SSSR count). The average Bonchev–Trinajstić information content (AvgIpc) is 3.41. The van der Waals surface area contributed by atoms with Crippen molar-refractivity contribution in [2.24, 2.45) is 0 Å². The van der Waals surface area contributed by atoms with Crippen LogP contribution in [-0.4, -0.2) is 66.0 Å². The van der Waals surface area contributed by atoms with Crippen LogP contribution in [0.3, 0.4) is 0 Å². The van der Waals surface area contributed by atoms with Crippen LogP contribution in [0, 0.1) is 0 Å². The number of thiophene rings is 1. The van der Waals surface area contributed by atoms with E-state index in [0.29, 0.717) is 37.1 Å². The van der Waals surface area contributed by atoms with Crippen molar-refractivity contribution in [3.05, 3.63) is 69.1 Å². The zero-order chi connectivity index (χ0) is 22.0. The Bertz CT molecular complexity index is 960. The fourth-order valence-corrected chi connectivity index (χ4v) is 4.82. The topological polar surface area (TPSA) is 70.1 Å². The third-order valence-electron chi connectivity index (χ3n) is 5.97. The van der Waals surface area contributed by atoms with E-state index in [0.717, 1.165) is 18.7 Å². The molecule has 2 aromatic rings. The van der Waals surface area contributed by atoms with Gasteiger partial charge in [-0.25, -0.2) is 0 Å². The number of carbonyl (C=O) groups excluding carboxylic acids is 2. The molecule has 0 radical (unpaired) electrons. The van der Waals surface area contributed by atoms with Gasteiger partial charge in [-0.15, -0.1) is 11.3 Å². The SMILES string of the molecule is CC(C)c1ccc(C2C(C(=O)c3cccs3)=C(O)C(=O)N2CCN2CCOCC2)cc1. The number of ketones is 1. The molecule has 0 spiro atoms. The summed E-state index contributed by atoms with van der Waals surface area (Å²) in [5.41, 5.74) is 2.20. The Kier molecular flexibility index (Phi) is 6.55. The van der Waals surface area contributed by atoms with Crippen molar-refractivity contribution in [1.29, 1.82) is 0 Å². The maximum atomic E-state index is 13.3. The van der Waals surface area contributed by atoms with Gasteiger partial charge in [-0.2, -0.15) is 0 Å². The summed E-state index contributed by atoms with van der Waals surface area (Å²) in [5.74, 6) is -0.815. The second-order valence-corrected chi connectivity index (χ2v) is 9.19. The van der Waals surface area contributed by atoms with Crippen molar-refractivity contribution in [2.75, 3.05) is 39.4 Å². The summed E-state index contributed by atoms with van der Waals surface area (Å²) in [4.78, 5) is 30.7. The molecule has 1 aromatic carbocycles. The monoisotopic (exact) mass is 440 g/mol. The van der Waals surface area contributed by atoms with Crippen LogP contribution in [0.5, 0.6) is 0 Å². The van der Waals surface area contributed by atoms with Gasteiger partial charge in [0.15, 0.2) is 5.76 Å². The van der Waals surface area contributed by atoms with Crippen molar-refractivity contribution in [2.45, 2.75) is 25.8 Å². The number of benzene rings is 1. The fourth-order valence-electron chi connectivity index (χ4n) is 4.14. The summed E-state index contributed by atoms with van der Waals surface area (Å²) in [6, 6.07) is 10.9. The Labute approximate surface area is 186 Å². The molecule has 1 amide bonds. The van der Waals surface area contributed by atoms with Gasteiger partial charge >= 0.3 is 0 Å². The molecular weight excluding hydrogens is 412 g/mol. The highest BCUT2D eigenvalue weighted by molar-refractivity contribution is 7.12. The molecule has 1 N–H and O–H groups in total. The number of hydrogen-bond donors (Lipinski definition) is 1. The summed E-state index contributed by atoms with van der Waals surface area (Å²) in [7, 11) is 0. The van der Waals surface area contributed by atoms with E-state index < -0.39 is 17.7 Å². The maximum Gasteiger partial charge on any atom is 0.290 e. The molecule has 7 heteroatoms. The molecule has 31 heavy (non-hydrogen) atoms. The molecule has 3 heterocycles. The lowest BCUT2D eigenvalue weighted by Gasteiger charge is -2.31. The first-order chi connectivity index (χ1) is 15.0. The third-order valence-corrected chi connectivity index (χ3v) is 6.84. The Morgan fingerprint density at radius 2 is 1.87 bits per heavy atom. The number of morpholine rings is 1. The Morgan fingerprint density at radius 1 is 1.16 bits per heavy atom. The van der Waals surface area contributed by atoms with Crippen LogP contribution in [0.25, 0.3) is 0 Å². The van der Waals surface area contributed by atoms with Crippen molar-refractivity contribution >= 4 is 23.0 Å². The van der Waals surface area contributed by atoms with Crippen LogP contribution >= 0.6 is 11.3 Å². The number of amides is 1. The van der Waals surface area contributed by atoms with Gasteiger partial charge in [0.05, 0.1) is 29.7 Å². The minimum atomic E-state index is -0.593. The minimum Gasteiger partial charge on any atom is -0.503 e. The molecule has 0 bridgehead atoms. The fraction of sp³-hybridized carbons (Fsp3) is 0.417. The molecule has 0 aliphatic carbocycles. The molecule has 6 nitrogen and oxygen atoms in total. The number of nitrogens with zero attached hydrogens (tertiary/aromatic N) is 2. The molecule has 2 aliphatic heterocycles. The molecule has 1 fully saturated rings. The number of carbonyl (C=O) groups is 2. The van der Waals surface area contributed by atoms with Gasteiger partial charge in [0, 0.05) is 26.2 Å². The lowest BCUT2D eigenvalue weighted by Crippen LogP contribution is -2.43. The third kappa shape index (κ3) is 4.44. The molecule has 164 valence electrons. The molecule has 1 atom stereocenters. The van der Waals surface area contributed by atoms with Crippen LogP contribution in [-0.2, 0) is 9.53 Å². The minimum absolute atomic E-state index is 0.173. The van der Waals surface area contributed by atoms with Gasteiger partial charge in [0.25, 0.3) is 5.91 Å². The highest BCUT2D eigenvalue weighted by Crippen LogP contribution is 2.39. The standard InChI is InChI=1S/C24H28N2O4S/c1-16(2)17-5-7-18(8-6-17)21-20(22(27)19-4-3-15-31-19)23(28)24(29)26(21)10-9-25-11-13-30-14-12-25/h3-8,15-16,21,28H,9-14H2,1-2H3.